The van der Waals surface area contributed by atoms with E-state index in [1.807, 2.05) is 30.4 Å². The zero-order chi connectivity index (χ0) is 22.1. The molecular formula is C22H20F3N3O2. The lowest BCUT2D eigenvalue weighted by Gasteiger charge is -2.13. The van der Waals surface area contributed by atoms with Gasteiger partial charge in [0.2, 0.25) is 0 Å². The molecule has 0 aliphatic heterocycles. The zero-order valence-electron chi connectivity index (χ0n) is 16.6. The van der Waals surface area contributed by atoms with E-state index in [0.717, 1.165) is 16.5 Å². The molecule has 3 rings (SSSR count). The van der Waals surface area contributed by atoms with Crippen molar-refractivity contribution < 1.29 is 22.8 Å². The second-order valence-electron chi connectivity index (χ2n) is 7.10. The first-order chi connectivity index (χ1) is 14.0. The zero-order valence-corrected chi connectivity index (χ0v) is 16.6. The number of aromatic nitrogens is 1. The number of fused-ring (bicyclic) bond motifs is 1. The van der Waals surface area contributed by atoms with E-state index in [2.05, 4.69) is 10.3 Å². The van der Waals surface area contributed by atoms with Crippen LogP contribution < -0.4 is 10.6 Å². The van der Waals surface area contributed by atoms with E-state index in [4.69, 9.17) is 0 Å². The standard InChI is InChI=1S/C22H20F3N3O2/c1-12-4-7-18-16(8-12)9-17(14(3)27-18)21(30)28-19-10-15(6-5-13(19)2)20(29)26-11-22(23,24)25/h4-10H,11H2,1-3H3,(H,26,29)(H,28,30). The topological polar surface area (TPSA) is 71.1 Å². The number of amides is 2. The molecule has 0 radical (unpaired) electrons. The number of hydrogen-bond acceptors (Lipinski definition) is 3. The van der Waals surface area contributed by atoms with Gasteiger partial charge in [0.1, 0.15) is 6.54 Å². The summed E-state index contributed by atoms with van der Waals surface area (Å²) in [5.41, 5.74) is 3.74. The second kappa shape index (κ2) is 8.14. The van der Waals surface area contributed by atoms with Crippen molar-refractivity contribution in [3.8, 4) is 0 Å². The Labute approximate surface area is 171 Å². The van der Waals surface area contributed by atoms with Crippen LogP contribution in [-0.4, -0.2) is 29.5 Å². The molecule has 1 heterocycles. The first-order valence-corrected chi connectivity index (χ1v) is 9.18. The number of aryl methyl sites for hydroxylation is 3. The van der Waals surface area contributed by atoms with Crippen LogP contribution >= 0.6 is 0 Å². The molecule has 0 aliphatic carbocycles. The number of alkyl halides is 3. The molecule has 0 atom stereocenters. The summed E-state index contributed by atoms with van der Waals surface area (Å²) in [5, 5.41) is 5.37. The number of nitrogens with one attached hydrogen (secondary N) is 2. The Kier molecular flexibility index (Phi) is 5.78. The average molecular weight is 415 g/mol. The van der Waals surface area contributed by atoms with Crippen molar-refractivity contribution in [2.75, 3.05) is 11.9 Å². The summed E-state index contributed by atoms with van der Waals surface area (Å²) in [5.74, 6) is -1.29. The van der Waals surface area contributed by atoms with Crippen molar-refractivity contribution in [1.29, 1.82) is 0 Å². The van der Waals surface area contributed by atoms with Gasteiger partial charge in [-0.15, -0.1) is 0 Å². The van der Waals surface area contributed by atoms with Gasteiger partial charge < -0.3 is 10.6 Å². The second-order valence-corrected chi connectivity index (χ2v) is 7.10. The van der Waals surface area contributed by atoms with Crippen molar-refractivity contribution in [3.63, 3.8) is 0 Å². The average Bonchev–Trinajstić information content (AvgIpc) is 2.67. The lowest BCUT2D eigenvalue weighted by molar-refractivity contribution is -0.123. The molecule has 0 fully saturated rings. The van der Waals surface area contributed by atoms with Crippen molar-refractivity contribution >= 4 is 28.4 Å². The molecule has 1 aromatic heterocycles. The Bertz CT molecular complexity index is 1140. The summed E-state index contributed by atoms with van der Waals surface area (Å²) in [4.78, 5) is 29.3. The molecule has 0 unspecified atom stereocenters. The number of rotatable bonds is 4. The van der Waals surface area contributed by atoms with E-state index in [1.54, 1.807) is 26.0 Å². The van der Waals surface area contributed by atoms with E-state index < -0.39 is 24.5 Å². The summed E-state index contributed by atoms with van der Waals surface area (Å²) in [7, 11) is 0. The number of halogens is 3. The third kappa shape index (κ3) is 4.94. The Morgan fingerprint density at radius 2 is 1.70 bits per heavy atom. The number of hydrogen-bond donors (Lipinski definition) is 2. The highest BCUT2D eigenvalue weighted by atomic mass is 19.4. The molecule has 0 spiro atoms. The predicted molar refractivity (Wildman–Crippen MR) is 109 cm³/mol. The van der Waals surface area contributed by atoms with Crippen LogP contribution in [0, 0.1) is 20.8 Å². The fourth-order valence-electron chi connectivity index (χ4n) is 2.99. The van der Waals surface area contributed by atoms with Crippen molar-refractivity contribution in [1.82, 2.24) is 10.3 Å². The number of carbonyl (C=O) groups is 2. The van der Waals surface area contributed by atoms with E-state index in [9.17, 15) is 22.8 Å². The van der Waals surface area contributed by atoms with Gasteiger partial charge in [0, 0.05) is 16.6 Å². The summed E-state index contributed by atoms with van der Waals surface area (Å²) >= 11 is 0. The van der Waals surface area contributed by atoms with Crippen molar-refractivity contribution in [2.24, 2.45) is 0 Å². The van der Waals surface area contributed by atoms with Gasteiger partial charge in [-0.25, -0.2) is 0 Å². The lowest BCUT2D eigenvalue weighted by atomic mass is 10.1. The van der Waals surface area contributed by atoms with Gasteiger partial charge in [-0.05, 0) is 56.7 Å². The molecule has 0 bridgehead atoms. The third-order valence-electron chi connectivity index (χ3n) is 4.60. The SMILES string of the molecule is Cc1ccc2nc(C)c(C(=O)Nc3cc(C(=O)NCC(F)(F)F)ccc3C)cc2c1. The number of nitrogens with zero attached hydrogens (tertiary/aromatic N) is 1. The third-order valence-corrected chi connectivity index (χ3v) is 4.60. The summed E-state index contributed by atoms with van der Waals surface area (Å²) < 4.78 is 37.0. The van der Waals surface area contributed by atoms with E-state index in [-0.39, 0.29) is 5.56 Å². The van der Waals surface area contributed by atoms with Crippen LogP contribution in [0.5, 0.6) is 0 Å². The van der Waals surface area contributed by atoms with Crippen LogP contribution in [0.1, 0.15) is 37.5 Å². The van der Waals surface area contributed by atoms with Gasteiger partial charge in [0.15, 0.2) is 0 Å². The fraction of sp³-hybridized carbons (Fsp3) is 0.227. The summed E-state index contributed by atoms with van der Waals surface area (Å²) in [6, 6.07) is 11.8. The van der Waals surface area contributed by atoms with Gasteiger partial charge in [0.25, 0.3) is 11.8 Å². The molecule has 156 valence electrons. The van der Waals surface area contributed by atoms with Crippen LogP contribution in [0.15, 0.2) is 42.5 Å². The van der Waals surface area contributed by atoms with E-state index in [0.29, 0.717) is 22.5 Å². The number of pyridine rings is 1. The van der Waals surface area contributed by atoms with Gasteiger partial charge in [0.05, 0.1) is 16.8 Å². The summed E-state index contributed by atoms with van der Waals surface area (Å²) in [6.07, 6.45) is -4.50. The highest BCUT2D eigenvalue weighted by molar-refractivity contribution is 6.07. The molecule has 3 aromatic rings. The Hall–Kier alpha value is -3.42. The molecule has 8 heteroatoms. The molecular weight excluding hydrogens is 395 g/mol. The number of benzene rings is 2. The first kappa shape index (κ1) is 21.3. The largest absolute Gasteiger partial charge is 0.405 e. The summed E-state index contributed by atoms with van der Waals surface area (Å²) in [6.45, 7) is 3.96. The number of carbonyl (C=O) groups excluding carboxylic acids is 2. The normalized spacial score (nSPS) is 11.4. The van der Waals surface area contributed by atoms with Gasteiger partial charge in [-0.2, -0.15) is 13.2 Å². The van der Waals surface area contributed by atoms with Crippen LogP contribution in [-0.2, 0) is 0 Å². The van der Waals surface area contributed by atoms with Crippen molar-refractivity contribution in [3.05, 3.63) is 70.4 Å². The smallest absolute Gasteiger partial charge is 0.343 e. The van der Waals surface area contributed by atoms with Crippen LogP contribution in [0.3, 0.4) is 0 Å². The van der Waals surface area contributed by atoms with Gasteiger partial charge in [-0.1, -0.05) is 17.7 Å². The van der Waals surface area contributed by atoms with Crippen LogP contribution in [0.25, 0.3) is 10.9 Å². The van der Waals surface area contributed by atoms with E-state index >= 15 is 0 Å². The molecule has 5 nitrogen and oxygen atoms in total. The Morgan fingerprint density at radius 1 is 0.967 bits per heavy atom. The van der Waals surface area contributed by atoms with Crippen LogP contribution in [0.2, 0.25) is 0 Å². The lowest BCUT2D eigenvalue weighted by Crippen LogP contribution is -2.33. The molecule has 2 aromatic carbocycles. The van der Waals surface area contributed by atoms with Gasteiger partial charge in [-0.3, -0.25) is 14.6 Å². The Morgan fingerprint density at radius 3 is 2.40 bits per heavy atom. The maximum atomic E-state index is 12.9. The minimum absolute atomic E-state index is 0.0177. The molecule has 0 saturated heterocycles. The first-order valence-electron chi connectivity index (χ1n) is 9.18. The monoisotopic (exact) mass is 415 g/mol. The Balaban J connectivity index is 1.85. The molecule has 0 saturated carbocycles. The molecule has 2 amide bonds. The number of anilines is 1. The molecule has 0 aliphatic rings. The predicted octanol–water partition coefficient (Wildman–Crippen LogP) is 4.70. The highest BCUT2D eigenvalue weighted by Gasteiger charge is 2.28. The van der Waals surface area contributed by atoms with Gasteiger partial charge >= 0.3 is 6.18 Å². The minimum atomic E-state index is -4.50. The maximum absolute atomic E-state index is 12.9. The van der Waals surface area contributed by atoms with Crippen molar-refractivity contribution in [2.45, 2.75) is 26.9 Å². The molecule has 30 heavy (non-hydrogen) atoms. The fourth-order valence-corrected chi connectivity index (χ4v) is 2.99. The molecule has 2 N–H and O–H groups in total. The minimum Gasteiger partial charge on any atom is -0.343 e. The highest BCUT2D eigenvalue weighted by Crippen LogP contribution is 2.22. The van der Waals surface area contributed by atoms with Crippen LogP contribution in [0.4, 0.5) is 18.9 Å². The quantitative estimate of drug-likeness (QED) is 0.649. The van der Waals surface area contributed by atoms with E-state index in [1.165, 1.54) is 12.1 Å². The maximum Gasteiger partial charge on any atom is 0.405 e.